The molecule has 0 amide bonds. The van der Waals surface area contributed by atoms with E-state index in [9.17, 15) is 9.90 Å². The minimum Gasteiger partial charge on any atom is -0.478 e. The molecule has 0 spiro atoms. The molecular weight excluding hydrogens is 346 g/mol. The number of benzene rings is 1. The lowest BCUT2D eigenvalue weighted by atomic mass is 9.98. The smallest absolute Gasteiger partial charge is 0.335 e. The normalized spacial score (nSPS) is 15.4. The van der Waals surface area contributed by atoms with Crippen LogP contribution >= 0.6 is 0 Å². The number of piperidine rings is 1. The van der Waals surface area contributed by atoms with Crippen LogP contribution in [0.25, 0.3) is 22.4 Å². The van der Waals surface area contributed by atoms with Gasteiger partial charge in [0.05, 0.1) is 16.6 Å². The van der Waals surface area contributed by atoms with Crippen LogP contribution in [0.1, 0.15) is 23.2 Å². The molecule has 3 aromatic rings. The van der Waals surface area contributed by atoms with Crippen molar-refractivity contribution < 1.29 is 15.0 Å². The second-order valence-corrected chi connectivity index (χ2v) is 6.83. The van der Waals surface area contributed by atoms with Crippen molar-refractivity contribution in [1.82, 2.24) is 15.0 Å². The monoisotopic (exact) mass is 367 g/mol. The average molecular weight is 367 g/mol. The summed E-state index contributed by atoms with van der Waals surface area (Å²) in [5, 5.41) is 19.2. The molecule has 0 bridgehead atoms. The number of fused-ring (bicyclic) bond motifs is 1. The number of nitrogens with zero attached hydrogens (tertiary/aromatic N) is 3. The third kappa shape index (κ3) is 3.19. The lowest BCUT2D eigenvalue weighted by molar-refractivity contribution is 0.0697. The van der Waals surface area contributed by atoms with Crippen molar-refractivity contribution in [3.63, 3.8) is 0 Å². The lowest BCUT2D eigenvalue weighted by Gasteiger charge is -2.32. The van der Waals surface area contributed by atoms with Crippen LogP contribution in [0, 0.1) is 5.92 Å². The number of anilines is 2. The molecule has 140 valence electrons. The fourth-order valence-corrected chi connectivity index (χ4v) is 3.48. The van der Waals surface area contributed by atoms with Gasteiger partial charge in [0.25, 0.3) is 0 Å². The molecule has 0 unspecified atom stereocenters. The Kier molecular flexibility index (Phi) is 4.41. The second kappa shape index (κ2) is 6.88. The quantitative estimate of drug-likeness (QED) is 0.556. The van der Waals surface area contributed by atoms with Crippen molar-refractivity contribution in [1.29, 1.82) is 0 Å². The zero-order valence-electron chi connectivity index (χ0n) is 14.7. The van der Waals surface area contributed by atoms with Crippen molar-refractivity contribution in [2.24, 2.45) is 5.92 Å². The maximum absolute atomic E-state index is 11.1. The molecule has 0 atom stereocenters. The lowest BCUT2D eigenvalue weighted by Crippen LogP contribution is -2.35. The first kappa shape index (κ1) is 17.3. The van der Waals surface area contributed by atoms with Crippen LogP contribution in [0.4, 0.5) is 11.5 Å². The Balaban J connectivity index is 1.76. The van der Waals surface area contributed by atoms with E-state index >= 15 is 0 Å². The van der Waals surface area contributed by atoms with Crippen LogP contribution in [-0.4, -0.2) is 50.8 Å². The Bertz CT molecular complexity index is 975. The number of carboxylic acids is 1. The molecule has 0 radical (unpaired) electrons. The van der Waals surface area contributed by atoms with Crippen molar-refractivity contribution >= 4 is 28.5 Å². The molecule has 8 heteroatoms. The van der Waals surface area contributed by atoms with Gasteiger partial charge in [-0.15, -0.1) is 0 Å². The van der Waals surface area contributed by atoms with E-state index in [0.29, 0.717) is 23.1 Å². The second-order valence-electron chi connectivity index (χ2n) is 6.83. The molecular formula is C19H21N5O3. The highest BCUT2D eigenvalue weighted by Crippen LogP contribution is 2.33. The number of nitrogens with two attached hydrogens (primary N) is 1. The van der Waals surface area contributed by atoms with Crippen molar-refractivity contribution in [2.45, 2.75) is 12.8 Å². The van der Waals surface area contributed by atoms with E-state index in [1.807, 2.05) is 0 Å². The van der Waals surface area contributed by atoms with E-state index in [1.165, 1.54) is 0 Å². The highest BCUT2D eigenvalue weighted by atomic mass is 16.4. The molecule has 0 saturated carbocycles. The predicted molar refractivity (Wildman–Crippen MR) is 103 cm³/mol. The van der Waals surface area contributed by atoms with E-state index in [1.54, 1.807) is 30.5 Å². The maximum Gasteiger partial charge on any atom is 0.335 e. The van der Waals surface area contributed by atoms with Gasteiger partial charge in [0.1, 0.15) is 11.5 Å². The molecule has 1 aliphatic heterocycles. The first-order chi connectivity index (χ1) is 13.1. The van der Waals surface area contributed by atoms with Gasteiger partial charge in [-0.1, -0.05) is 12.1 Å². The van der Waals surface area contributed by atoms with Crippen molar-refractivity contribution in [3.8, 4) is 11.4 Å². The van der Waals surface area contributed by atoms with E-state index in [4.69, 9.17) is 15.8 Å². The number of H-pyrrole nitrogens is 1. The summed E-state index contributed by atoms with van der Waals surface area (Å²) in [6.45, 7) is 1.79. The van der Waals surface area contributed by atoms with E-state index in [2.05, 4.69) is 14.9 Å². The summed E-state index contributed by atoms with van der Waals surface area (Å²) >= 11 is 0. The number of aliphatic hydroxyl groups excluding tert-OH is 1. The molecule has 1 aliphatic rings. The number of hydrogen-bond acceptors (Lipinski definition) is 6. The average Bonchev–Trinajstić information content (AvgIpc) is 3.08. The number of carboxylic acid groups (broad SMARTS) is 1. The maximum atomic E-state index is 11.1. The summed E-state index contributed by atoms with van der Waals surface area (Å²) in [6.07, 6.45) is 3.50. The number of aromatic nitrogens is 3. The van der Waals surface area contributed by atoms with Gasteiger partial charge in [0, 0.05) is 31.5 Å². The number of hydrogen-bond donors (Lipinski definition) is 4. The number of aromatic amines is 1. The number of rotatable bonds is 4. The van der Waals surface area contributed by atoms with Gasteiger partial charge in [-0.05, 0) is 30.9 Å². The third-order valence-corrected chi connectivity index (χ3v) is 5.11. The topological polar surface area (TPSA) is 128 Å². The Morgan fingerprint density at radius 2 is 1.93 bits per heavy atom. The van der Waals surface area contributed by atoms with Crippen LogP contribution in [0.5, 0.6) is 0 Å². The summed E-state index contributed by atoms with van der Waals surface area (Å²) in [6, 6.07) is 6.50. The standard InChI is InChI=1S/C19H21N5O3/c20-14-9-21-17-15(14)18(24-7-5-11(10-25)6-8-24)23-16(22-17)12-1-3-13(4-2-12)19(26)27/h1-4,9,11,25H,5-8,10,20H2,(H,26,27)(H,21,22,23). The zero-order valence-corrected chi connectivity index (χ0v) is 14.7. The number of nitrogen functional groups attached to an aromatic ring is 1. The highest BCUT2D eigenvalue weighted by Gasteiger charge is 2.23. The first-order valence-electron chi connectivity index (χ1n) is 8.91. The zero-order chi connectivity index (χ0) is 19.0. The molecule has 1 aromatic carbocycles. The summed E-state index contributed by atoms with van der Waals surface area (Å²) in [5.41, 5.74) is 8.34. The van der Waals surface area contributed by atoms with Gasteiger partial charge in [-0.3, -0.25) is 0 Å². The van der Waals surface area contributed by atoms with Gasteiger partial charge < -0.3 is 25.8 Å². The van der Waals surface area contributed by atoms with Crippen LogP contribution < -0.4 is 10.6 Å². The number of aromatic carboxylic acids is 1. The largest absolute Gasteiger partial charge is 0.478 e. The van der Waals surface area contributed by atoms with E-state index < -0.39 is 5.97 Å². The molecule has 27 heavy (non-hydrogen) atoms. The predicted octanol–water partition coefficient (Wildman–Crippen LogP) is 2.11. The summed E-state index contributed by atoms with van der Waals surface area (Å²) in [4.78, 5) is 25.7. The third-order valence-electron chi connectivity index (χ3n) is 5.11. The number of nitrogens with one attached hydrogen (secondary N) is 1. The van der Waals surface area contributed by atoms with Gasteiger partial charge in [-0.25, -0.2) is 14.8 Å². The fraction of sp³-hybridized carbons (Fsp3) is 0.316. The molecule has 0 aliphatic carbocycles. The van der Waals surface area contributed by atoms with Gasteiger partial charge >= 0.3 is 5.97 Å². The molecule has 1 fully saturated rings. The van der Waals surface area contributed by atoms with Crippen molar-refractivity contribution in [3.05, 3.63) is 36.0 Å². The minimum absolute atomic E-state index is 0.209. The van der Waals surface area contributed by atoms with Crippen LogP contribution in [0.3, 0.4) is 0 Å². The number of aliphatic hydroxyl groups is 1. The highest BCUT2D eigenvalue weighted by molar-refractivity contribution is 5.99. The Labute approximate surface area is 155 Å². The first-order valence-corrected chi connectivity index (χ1v) is 8.91. The summed E-state index contributed by atoms with van der Waals surface area (Å²) in [5.74, 6) is 0.640. The van der Waals surface area contributed by atoms with E-state index in [-0.39, 0.29) is 12.2 Å². The van der Waals surface area contributed by atoms with Gasteiger partial charge in [0.15, 0.2) is 5.82 Å². The molecule has 1 saturated heterocycles. The summed E-state index contributed by atoms with van der Waals surface area (Å²) < 4.78 is 0. The number of carbonyl (C=O) groups is 1. The molecule has 2 aromatic heterocycles. The Hall–Kier alpha value is -3.13. The Morgan fingerprint density at radius 3 is 2.56 bits per heavy atom. The Morgan fingerprint density at radius 1 is 1.22 bits per heavy atom. The van der Waals surface area contributed by atoms with Crippen molar-refractivity contribution in [2.75, 3.05) is 30.3 Å². The van der Waals surface area contributed by atoms with Crippen LogP contribution in [-0.2, 0) is 0 Å². The van der Waals surface area contributed by atoms with Gasteiger partial charge in [-0.2, -0.15) is 0 Å². The SMILES string of the molecule is Nc1c[nH]c2nc(-c3ccc(C(=O)O)cc3)nc(N3CCC(CO)CC3)c12. The molecule has 8 nitrogen and oxygen atoms in total. The molecule has 5 N–H and O–H groups in total. The molecule has 4 rings (SSSR count). The molecule has 3 heterocycles. The summed E-state index contributed by atoms with van der Waals surface area (Å²) in [7, 11) is 0. The van der Waals surface area contributed by atoms with Crippen LogP contribution in [0.15, 0.2) is 30.5 Å². The van der Waals surface area contributed by atoms with Gasteiger partial charge in [0.2, 0.25) is 0 Å². The minimum atomic E-state index is -0.970. The fourth-order valence-electron chi connectivity index (χ4n) is 3.48. The van der Waals surface area contributed by atoms with Crippen LogP contribution in [0.2, 0.25) is 0 Å². The van der Waals surface area contributed by atoms with E-state index in [0.717, 1.165) is 42.7 Å².